The van der Waals surface area contributed by atoms with Gasteiger partial charge >= 0.3 is 0 Å². The van der Waals surface area contributed by atoms with E-state index < -0.39 is 0 Å². The Morgan fingerprint density at radius 1 is 1.33 bits per heavy atom. The maximum atomic E-state index is 5.92. The first-order chi connectivity index (χ1) is 7.18. The Morgan fingerprint density at radius 2 is 2.13 bits per heavy atom. The third-order valence-corrected chi connectivity index (χ3v) is 2.75. The standard InChI is InChI=1S/C10H11ClN4/c1-7-8(13-6-14-10(7)11)5-9-12-3-4-15(9)2/h3-4,6H,5H2,1-2H3. The monoisotopic (exact) mass is 222 g/mol. The molecule has 15 heavy (non-hydrogen) atoms. The lowest BCUT2D eigenvalue weighted by Crippen LogP contribution is -2.03. The van der Waals surface area contributed by atoms with Crippen molar-refractivity contribution >= 4 is 11.6 Å². The van der Waals surface area contributed by atoms with Crippen molar-refractivity contribution in [3.05, 3.63) is 41.0 Å². The minimum Gasteiger partial charge on any atom is -0.338 e. The van der Waals surface area contributed by atoms with Gasteiger partial charge < -0.3 is 4.57 Å². The SMILES string of the molecule is Cc1c(Cl)ncnc1Cc1nccn1C. The Balaban J connectivity index is 2.33. The molecule has 4 nitrogen and oxygen atoms in total. The summed E-state index contributed by atoms with van der Waals surface area (Å²) in [5, 5.41) is 0.509. The molecule has 0 bridgehead atoms. The summed E-state index contributed by atoms with van der Waals surface area (Å²) in [7, 11) is 1.96. The number of rotatable bonds is 2. The average molecular weight is 223 g/mol. The molecule has 2 aromatic rings. The van der Waals surface area contributed by atoms with Gasteiger partial charge in [0, 0.05) is 31.4 Å². The summed E-state index contributed by atoms with van der Waals surface area (Å²) in [6.07, 6.45) is 5.84. The molecule has 0 radical (unpaired) electrons. The van der Waals surface area contributed by atoms with Gasteiger partial charge in [-0.3, -0.25) is 0 Å². The predicted molar refractivity (Wildman–Crippen MR) is 57.8 cm³/mol. The number of nitrogens with zero attached hydrogens (tertiary/aromatic N) is 4. The fourth-order valence-corrected chi connectivity index (χ4v) is 1.51. The third kappa shape index (κ3) is 1.99. The van der Waals surface area contributed by atoms with E-state index in [4.69, 9.17) is 11.6 Å². The first kappa shape index (κ1) is 10.1. The fourth-order valence-electron chi connectivity index (χ4n) is 1.36. The average Bonchev–Trinajstić information content (AvgIpc) is 2.60. The molecule has 0 aliphatic heterocycles. The lowest BCUT2D eigenvalue weighted by molar-refractivity contribution is 0.805. The summed E-state index contributed by atoms with van der Waals surface area (Å²) in [5.41, 5.74) is 1.84. The van der Waals surface area contributed by atoms with Crippen LogP contribution in [0, 0.1) is 6.92 Å². The number of hydrogen-bond acceptors (Lipinski definition) is 3. The quantitative estimate of drug-likeness (QED) is 0.728. The van der Waals surface area contributed by atoms with Gasteiger partial charge in [-0.25, -0.2) is 15.0 Å². The van der Waals surface area contributed by atoms with E-state index in [1.807, 2.05) is 24.7 Å². The van der Waals surface area contributed by atoms with Crippen molar-refractivity contribution in [2.24, 2.45) is 7.05 Å². The molecule has 2 rings (SSSR count). The van der Waals surface area contributed by atoms with Gasteiger partial charge in [0.25, 0.3) is 0 Å². The maximum absolute atomic E-state index is 5.92. The molecular weight excluding hydrogens is 212 g/mol. The zero-order valence-electron chi connectivity index (χ0n) is 8.61. The van der Waals surface area contributed by atoms with Crippen LogP contribution >= 0.6 is 11.6 Å². The molecule has 0 aliphatic rings. The second-order valence-electron chi connectivity index (χ2n) is 3.37. The highest BCUT2D eigenvalue weighted by Gasteiger charge is 2.08. The molecule has 0 spiro atoms. The van der Waals surface area contributed by atoms with Crippen LogP contribution in [0.4, 0.5) is 0 Å². The maximum Gasteiger partial charge on any atom is 0.135 e. The summed E-state index contributed by atoms with van der Waals surface area (Å²) in [5.74, 6) is 0.966. The molecule has 0 amide bonds. The first-order valence-corrected chi connectivity index (χ1v) is 4.98. The second kappa shape index (κ2) is 3.98. The van der Waals surface area contributed by atoms with E-state index in [1.54, 1.807) is 6.20 Å². The molecule has 2 heterocycles. The van der Waals surface area contributed by atoms with E-state index in [0.717, 1.165) is 17.1 Å². The first-order valence-electron chi connectivity index (χ1n) is 4.60. The van der Waals surface area contributed by atoms with Crippen LogP contribution < -0.4 is 0 Å². The molecule has 0 fully saturated rings. The van der Waals surface area contributed by atoms with Crippen LogP contribution in [0.25, 0.3) is 0 Å². The Hall–Kier alpha value is -1.42. The van der Waals surface area contributed by atoms with Gasteiger partial charge in [0.1, 0.15) is 17.3 Å². The van der Waals surface area contributed by atoms with Crippen LogP contribution in [0.1, 0.15) is 17.1 Å². The highest BCUT2D eigenvalue weighted by atomic mass is 35.5. The molecule has 5 heteroatoms. The molecule has 0 aliphatic carbocycles. The van der Waals surface area contributed by atoms with Crippen molar-refractivity contribution < 1.29 is 0 Å². The lowest BCUT2D eigenvalue weighted by Gasteiger charge is -2.05. The van der Waals surface area contributed by atoms with Crippen LogP contribution in [0.2, 0.25) is 5.15 Å². The number of aromatic nitrogens is 4. The Bertz CT molecular complexity index is 478. The van der Waals surface area contributed by atoms with Crippen molar-refractivity contribution in [1.82, 2.24) is 19.5 Å². The van der Waals surface area contributed by atoms with Crippen LogP contribution in [-0.4, -0.2) is 19.5 Å². The summed E-state index contributed by atoms with van der Waals surface area (Å²) in [6.45, 7) is 1.92. The Morgan fingerprint density at radius 3 is 2.80 bits per heavy atom. The van der Waals surface area contributed by atoms with E-state index in [2.05, 4.69) is 15.0 Å². The van der Waals surface area contributed by atoms with Gasteiger partial charge in [-0.15, -0.1) is 0 Å². The van der Waals surface area contributed by atoms with E-state index in [9.17, 15) is 0 Å². The van der Waals surface area contributed by atoms with Crippen molar-refractivity contribution in [2.45, 2.75) is 13.3 Å². The second-order valence-corrected chi connectivity index (χ2v) is 3.73. The third-order valence-electron chi connectivity index (χ3n) is 2.37. The molecule has 0 aromatic carbocycles. The van der Waals surface area contributed by atoms with Gasteiger partial charge in [-0.05, 0) is 6.92 Å². The van der Waals surface area contributed by atoms with E-state index >= 15 is 0 Å². The summed E-state index contributed by atoms with van der Waals surface area (Å²) in [6, 6.07) is 0. The van der Waals surface area contributed by atoms with Crippen molar-refractivity contribution in [3.63, 3.8) is 0 Å². The van der Waals surface area contributed by atoms with E-state index in [0.29, 0.717) is 11.6 Å². The van der Waals surface area contributed by atoms with E-state index in [1.165, 1.54) is 6.33 Å². The molecule has 0 N–H and O–H groups in total. The Labute approximate surface area is 93.0 Å². The molecule has 0 saturated heterocycles. The summed E-state index contributed by atoms with van der Waals surface area (Å²) >= 11 is 5.92. The van der Waals surface area contributed by atoms with Gasteiger partial charge in [0.05, 0.1) is 5.69 Å². The summed E-state index contributed by atoms with van der Waals surface area (Å²) < 4.78 is 1.97. The van der Waals surface area contributed by atoms with Crippen LogP contribution in [0.3, 0.4) is 0 Å². The molecular formula is C10H11ClN4. The van der Waals surface area contributed by atoms with Gasteiger partial charge in [-0.2, -0.15) is 0 Å². The fraction of sp³-hybridized carbons (Fsp3) is 0.300. The number of imidazole rings is 1. The highest BCUT2D eigenvalue weighted by molar-refractivity contribution is 6.30. The van der Waals surface area contributed by atoms with Gasteiger partial charge in [0.2, 0.25) is 0 Å². The van der Waals surface area contributed by atoms with E-state index in [-0.39, 0.29) is 0 Å². The van der Waals surface area contributed by atoms with Crippen LogP contribution in [-0.2, 0) is 13.5 Å². The zero-order valence-corrected chi connectivity index (χ0v) is 9.36. The van der Waals surface area contributed by atoms with Gasteiger partial charge in [0.15, 0.2) is 0 Å². The van der Waals surface area contributed by atoms with Crippen LogP contribution in [0.5, 0.6) is 0 Å². The molecule has 0 atom stereocenters. The molecule has 78 valence electrons. The van der Waals surface area contributed by atoms with Gasteiger partial charge in [-0.1, -0.05) is 11.6 Å². The highest BCUT2D eigenvalue weighted by Crippen LogP contribution is 2.15. The number of aryl methyl sites for hydroxylation is 1. The predicted octanol–water partition coefficient (Wildman–Crippen LogP) is 1.76. The smallest absolute Gasteiger partial charge is 0.135 e. The molecule has 0 unspecified atom stereocenters. The van der Waals surface area contributed by atoms with Crippen molar-refractivity contribution in [3.8, 4) is 0 Å². The summed E-state index contributed by atoms with van der Waals surface area (Å²) in [4.78, 5) is 12.4. The number of hydrogen-bond donors (Lipinski definition) is 0. The largest absolute Gasteiger partial charge is 0.338 e. The van der Waals surface area contributed by atoms with Crippen molar-refractivity contribution in [2.75, 3.05) is 0 Å². The van der Waals surface area contributed by atoms with Crippen molar-refractivity contribution in [1.29, 1.82) is 0 Å². The lowest BCUT2D eigenvalue weighted by atomic mass is 10.2. The molecule has 2 aromatic heterocycles. The minimum atomic E-state index is 0.509. The number of halogens is 1. The topological polar surface area (TPSA) is 43.6 Å². The molecule has 0 saturated carbocycles. The zero-order chi connectivity index (χ0) is 10.8. The van der Waals surface area contributed by atoms with Crippen LogP contribution in [0.15, 0.2) is 18.7 Å². The minimum absolute atomic E-state index is 0.509. The Kier molecular flexibility index (Phi) is 2.68. The normalized spacial score (nSPS) is 10.6.